The molecule has 0 saturated heterocycles. The van der Waals surface area contributed by atoms with Gasteiger partial charge in [0.2, 0.25) is 0 Å². The van der Waals surface area contributed by atoms with Crippen molar-refractivity contribution in [3.05, 3.63) is 0 Å². The lowest BCUT2D eigenvalue weighted by atomic mass is 9.71. The summed E-state index contributed by atoms with van der Waals surface area (Å²) in [5, 5.41) is 0. The van der Waals surface area contributed by atoms with Crippen LogP contribution in [0.2, 0.25) is 0 Å². The van der Waals surface area contributed by atoms with Crippen LogP contribution in [0.15, 0.2) is 0 Å². The van der Waals surface area contributed by atoms with Crippen molar-refractivity contribution in [1.29, 1.82) is 0 Å². The predicted molar refractivity (Wildman–Crippen MR) is 50.3 cm³/mol. The summed E-state index contributed by atoms with van der Waals surface area (Å²) in [6.45, 7) is 0. The van der Waals surface area contributed by atoms with E-state index in [2.05, 4.69) is 15.9 Å². The summed E-state index contributed by atoms with van der Waals surface area (Å²) >= 11 is 3.94. The molecule has 0 radical (unpaired) electrons. The van der Waals surface area contributed by atoms with Gasteiger partial charge in [0.1, 0.15) is 5.78 Å². The first-order valence-electron chi connectivity index (χ1n) is 5.46. The summed E-state index contributed by atoms with van der Waals surface area (Å²) in [6.07, 6.45) is 2.73. The molecule has 0 aromatic rings. The largest absolute Gasteiger partial charge is 0.299 e. The van der Waals surface area contributed by atoms with Crippen LogP contribution >= 0.6 is 15.9 Å². The number of hydrogen-bond donors (Lipinski definition) is 0. The molecule has 1 nitrogen and oxygen atoms in total. The van der Waals surface area contributed by atoms with Gasteiger partial charge in [0, 0.05) is 16.2 Å². The zero-order chi connectivity index (χ0) is 8.53. The van der Waals surface area contributed by atoms with E-state index < -0.39 is 0 Å². The number of halogens is 1. The summed E-state index contributed by atoms with van der Waals surface area (Å²) in [5.74, 6) is 5.94. The van der Waals surface area contributed by atoms with E-state index in [4.69, 9.17) is 0 Å². The summed E-state index contributed by atoms with van der Waals surface area (Å²) in [4.78, 5) is 12.1. The number of rotatable bonds is 0. The maximum Gasteiger partial charge on any atom is 0.141 e. The zero-order valence-electron chi connectivity index (χ0n) is 7.24. The smallest absolute Gasteiger partial charge is 0.141 e. The van der Waals surface area contributed by atoms with E-state index >= 15 is 0 Å². The van der Waals surface area contributed by atoms with E-state index in [-0.39, 0.29) is 0 Å². The third-order valence-electron chi connectivity index (χ3n) is 6.03. The molecule has 0 aliphatic heterocycles. The van der Waals surface area contributed by atoms with Gasteiger partial charge in [0.25, 0.3) is 0 Å². The Bertz CT molecular complexity index is 365. The molecule has 0 aromatic heterocycles. The molecule has 0 unspecified atom stereocenters. The molecule has 6 rings (SSSR count). The minimum absolute atomic E-state index is 0.307. The van der Waals surface area contributed by atoms with Crippen molar-refractivity contribution >= 4 is 21.7 Å². The first-order valence-corrected chi connectivity index (χ1v) is 6.25. The van der Waals surface area contributed by atoms with Crippen molar-refractivity contribution in [3.63, 3.8) is 0 Å². The van der Waals surface area contributed by atoms with Crippen molar-refractivity contribution in [2.45, 2.75) is 17.2 Å². The molecule has 6 aliphatic rings. The maximum absolute atomic E-state index is 12.1. The SMILES string of the molecule is O=C1[C@H]2[C@H]3C[C@@H]4[C@H]5C[C@](Br)([C@@H]42)[C@@H]1[C@H]53. The van der Waals surface area contributed by atoms with Gasteiger partial charge < -0.3 is 0 Å². The first kappa shape index (κ1) is 6.60. The lowest BCUT2D eigenvalue weighted by molar-refractivity contribution is -0.122. The molecule has 0 N–H and O–H groups in total. The molecule has 6 fully saturated rings. The van der Waals surface area contributed by atoms with Crippen molar-refractivity contribution in [1.82, 2.24) is 0 Å². The fraction of sp³-hybridized carbons (Fsp3) is 0.909. The lowest BCUT2D eigenvalue weighted by Crippen LogP contribution is -2.39. The quantitative estimate of drug-likeness (QED) is 0.589. The Morgan fingerprint density at radius 2 is 2.15 bits per heavy atom. The molecule has 0 heterocycles. The molecule has 0 spiro atoms. The van der Waals surface area contributed by atoms with Crippen LogP contribution in [0, 0.1) is 41.4 Å². The third-order valence-corrected chi connectivity index (χ3v) is 7.38. The highest BCUT2D eigenvalue weighted by atomic mass is 79.9. The van der Waals surface area contributed by atoms with Crippen LogP contribution in [0.3, 0.4) is 0 Å². The van der Waals surface area contributed by atoms with Crippen LogP contribution in [0.25, 0.3) is 0 Å². The van der Waals surface area contributed by atoms with Crippen LogP contribution in [0.5, 0.6) is 0 Å². The van der Waals surface area contributed by atoms with Crippen molar-refractivity contribution in [3.8, 4) is 0 Å². The first-order chi connectivity index (χ1) is 6.23. The molecule has 2 heteroatoms. The maximum atomic E-state index is 12.1. The van der Waals surface area contributed by atoms with Gasteiger partial charge in [-0.05, 0) is 42.4 Å². The topological polar surface area (TPSA) is 17.1 Å². The highest BCUT2D eigenvalue weighted by Gasteiger charge is 2.85. The van der Waals surface area contributed by atoms with E-state index in [0.29, 0.717) is 21.9 Å². The molecule has 6 bridgehead atoms. The predicted octanol–water partition coefficient (Wildman–Crippen LogP) is 1.85. The Balaban J connectivity index is 1.94. The normalized spacial score (nSPS) is 79.8. The Labute approximate surface area is 85.4 Å². The lowest BCUT2D eigenvalue weighted by Gasteiger charge is -2.37. The van der Waals surface area contributed by atoms with E-state index in [1.54, 1.807) is 0 Å². The van der Waals surface area contributed by atoms with Gasteiger partial charge in [0.15, 0.2) is 0 Å². The molecule has 8 atom stereocenters. The second kappa shape index (κ2) is 1.46. The second-order valence-electron chi connectivity index (χ2n) is 5.87. The number of ketones is 1. The highest BCUT2D eigenvalue weighted by Crippen LogP contribution is 2.84. The van der Waals surface area contributed by atoms with Crippen LogP contribution < -0.4 is 0 Å². The van der Waals surface area contributed by atoms with E-state index in [1.165, 1.54) is 12.8 Å². The molecule has 6 saturated carbocycles. The van der Waals surface area contributed by atoms with Crippen molar-refractivity contribution in [2.24, 2.45) is 41.4 Å². The van der Waals surface area contributed by atoms with Gasteiger partial charge in [-0.2, -0.15) is 0 Å². The third kappa shape index (κ3) is 0.383. The number of hydrogen-bond acceptors (Lipinski definition) is 1. The van der Waals surface area contributed by atoms with Crippen molar-refractivity contribution < 1.29 is 4.79 Å². The molecule has 0 aromatic carbocycles. The average Bonchev–Trinajstić information content (AvgIpc) is 2.70. The van der Waals surface area contributed by atoms with E-state index in [0.717, 1.165) is 29.6 Å². The number of carbonyl (C=O) groups excluding carboxylic acids is 1. The Morgan fingerprint density at radius 3 is 2.92 bits per heavy atom. The van der Waals surface area contributed by atoms with E-state index in [9.17, 15) is 4.79 Å². The number of Topliss-reactive ketones (excluding diaryl/α,β-unsaturated/α-hetero) is 1. The van der Waals surface area contributed by atoms with Crippen LogP contribution in [-0.2, 0) is 4.79 Å². The summed E-state index contributed by atoms with van der Waals surface area (Å²) in [5.41, 5.74) is 0. The van der Waals surface area contributed by atoms with E-state index in [1.807, 2.05) is 0 Å². The van der Waals surface area contributed by atoms with Gasteiger partial charge in [-0.3, -0.25) is 4.79 Å². The molecule has 68 valence electrons. The molecule has 13 heavy (non-hydrogen) atoms. The fourth-order valence-electron chi connectivity index (χ4n) is 6.19. The van der Waals surface area contributed by atoms with Gasteiger partial charge in [-0.15, -0.1) is 0 Å². The number of alkyl halides is 1. The summed E-state index contributed by atoms with van der Waals surface area (Å²) < 4.78 is 0.307. The van der Waals surface area contributed by atoms with Gasteiger partial charge in [-0.25, -0.2) is 0 Å². The fourth-order valence-corrected chi connectivity index (χ4v) is 7.72. The summed E-state index contributed by atoms with van der Waals surface area (Å²) in [6, 6.07) is 0. The van der Waals surface area contributed by atoms with Crippen LogP contribution in [0.4, 0.5) is 0 Å². The average molecular weight is 239 g/mol. The minimum Gasteiger partial charge on any atom is -0.299 e. The molecular formula is C11H11BrO. The second-order valence-corrected chi connectivity index (χ2v) is 7.34. The Morgan fingerprint density at radius 1 is 1.31 bits per heavy atom. The van der Waals surface area contributed by atoms with Gasteiger partial charge in [0.05, 0.1) is 0 Å². The molecular weight excluding hydrogens is 228 g/mol. The monoisotopic (exact) mass is 238 g/mol. The van der Waals surface area contributed by atoms with Crippen LogP contribution in [0.1, 0.15) is 12.8 Å². The zero-order valence-corrected chi connectivity index (χ0v) is 8.83. The molecule has 6 aliphatic carbocycles. The summed E-state index contributed by atoms with van der Waals surface area (Å²) in [7, 11) is 0. The standard InChI is InChI=1S/C11H11BrO/c12-11-2-5-3-1-4-6(5)9(11)10(13)7(4)8(3)11/h3-9H,1-2H2/t3-,4+,5-,6+,7+,8+,9-,11+/m1/s1. The van der Waals surface area contributed by atoms with Gasteiger partial charge >= 0.3 is 0 Å². The Kier molecular flexibility index (Phi) is 0.742. The molecule has 0 amide bonds. The van der Waals surface area contributed by atoms with Gasteiger partial charge in [-0.1, -0.05) is 15.9 Å². The van der Waals surface area contributed by atoms with Crippen LogP contribution in [-0.4, -0.2) is 10.1 Å². The Hall–Kier alpha value is 0.150. The number of carbonyl (C=O) groups is 1. The minimum atomic E-state index is 0.307. The van der Waals surface area contributed by atoms with Crippen molar-refractivity contribution in [2.75, 3.05) is 0 Å². The highest BCUT2D eigenvalue weighted by molar-refractivity contribution is 9.10.